The van der Waals surface area contributed by atoms with Crippen molar-refractivity contribution < 1.29 is 19.1 Å². The van der Waals surface area contributed by atoms with Gasteiger partial charge in [-0.15, -0.1) is 11.3 Å². The quantitative estimate of drug-likeness (QED) is 0.0862. The second-order valence-corrected chi connectivity index (χ2v) is 32.3. The second kappa shape index (κ2) is 22.9. The first-order valence-corrected chi connectivity index (χ1v) is 32.3. The molecule has 2 fully saturated rings. The molecule has 6 heterocycles. The molecule has 6 aromatic rings. The molecule has 2 N–H and O–H groups in total. The molecule has 8 rings (SSSR count). The van der Waals surface area contributed by atoms with Gasteiger partial charge in [-0.05, 0) is 38.1 Å². The SMILES string of the molecule is CCC[CH2][Sn]([CH2]CCC)([CH2]CCC)[c]1cscn1.C[C@@H](Oc1cc(-c2cscn2)cc2nn(C)cc12)[C@H]1CNC(=O)C1.C[C@@H](Oc1cc(Br)cc2nn(C)cc12)[C@H]1CNC(=O)C1. The van der Waals surface area contributed by atoms with Crippen LogP contribution in [-0.2, 0) is 23.7 Å². The third-order valence-electron chi connectivity index (χ3n) is 12.1. The summed E-state index contributed by atoms with van der Waals surface area (Å²) in [5.41, 5.74) is 7.56. The van der Waals surface area contributed by atoms with Crippen LogP contribution in [0.4, 0.5) is 0 Å². The van der Waals surface area contributed by atoms with Crippen molar-refractivity contribution in [2.45, 2.75) is 112 Å². The second-order valence-electron chi connectivity index (χ2n) is 16.9. The van der Waals surface area contributed by atoms with Crippen molar-refractivity contribution >= 4 is 94.3 Å². The molecule has 4 atom stereocenters. The number of ether oxygens (including phenoxy) is 2. The van der Waals surface area contributed by atoms with Crippen molar-refractivity contribution in [2.24, 2.45) is 25.9 Å². The molecule has 0 aliphatic carbocycles. The number of carbonyl (C=O) groups excluding carboxylic acids is 2. The summed E-state index contributed by atoms with van der Waals surface area (Å²) < 4.78 is 23.0. The van der Waals surface area contributed by atoms with E-state index in [2.05, 4.69) is 73.4 Å². The number of aryl methyl sites for hydroxylation is 2. The number of nitrogens with one attached hydrogen (secondary N) is 2. The minimum atomic E-state index is -2.13. The zero-order valence-corrected chi connectivity index (χ0v) is 43.4. The molecule has 2 aromatic carbocycles. The molecule has 2 saturated heterocycles. The molecule has 2 amide bonds. The summed E-state index contributed by atoms with van der Waals surface area (Å²) in [6, 6.07) is 7.96. The van der Waals surface area contributed by atoms with Crippen LogP contribution in [0, 0.1) is 11.8 Å². The van der Waals surface area contributed by atoms with Gasteiger partial charge in [0.15, 0.2) is 0 Å². The Hall–Kier alpha value is -3.54. The largest absolute Gasteiger partial charge is 0.490 e. The van der Waals surface area contributed by atoms with Crippen LogP contribution in [0.1, 0.15) is 86.0 Å². The van der Waals surface area contributed by atoms with Crippen molar-refractivity contribution in [3.05, 3.63) is 62.9 Å². The van der Waals surface area contributed by atoms with Gasteiger partial charge in [0.25, 0.3) is 0 Å². The van der Waals surface area contributed by atoms with Gasteiger partial charge in [-0.2, -0.15) is 10.2 Å². The van der Waals surface area contributed by atoms with Gasteiger partial charge < -0.3 is 20.1 Å². The van der Waals surface area contributed by atoms with Gasteiger partial charge in [0.2, 0.25) is 11.8 Å². The molecule has 12 nitrogen and oxygen atoms in total. The standard InChI is InChI=1S/C17H18N4O2S.C14H16BrN3O2.3C4H9.C3H2NS.Sn/c1-10(12-5-17(22)18-6-12)23-16-4-11(15-8-24-9-19-15)3-14-13(16)7-21(2)20-14;1-8(9-3-14(19)16-6-9)20-13-5-10(15)4-12-11(13)7-18(2)17-12;3*1-3-4-2;1-2-5-3-4-1;/h3-4,7-10,12H,5-6H2,1-2H3,(H,18,22);4-5,7-9H,3,6H2,1-2H3,(H,16,19);3*1,3-4H2,2H3;2-3H;/t10-,12-;8-,9-;;;;;/m11...../s1. The average Bonchev–Trinajstić information content (AvgIpc) is 4.11. The van der Waals surface area contributed by atoms with Gasteiger partial charge in [0, 0.05) is 79.7 Å². The average molecular weight is 1050 g/mol. The molecule has 2 aliphatic rings. The molecular formula is C46H63BrN8O4S2Sn. The molecule has 334 valence electrons. The van der Waals surface area contributed by atoms with E-state index in [0.717, 1.165) is 49.0 Å². The molecule has 2 aliphatic heterocycles. The van der Waals surface area contributed by atoms with Crippen LogP contribution in [0.5, 0.6) is 11.5 Å². The molecular weight excluding hydrogens is 991 g/mol. The molecule has 0 saturated carbocycles. The zero-order valence-electron chi connectivity index (χ0n) is 37.3. The fourth-order valence-corrected chi connectivity index (χ4v) is 27.1. The number of aromatic nitrogens is 6. The van der Waals surface area contributed by atoms with Gasteiger partial charge in [0.05, 0.1) is 33.0 Å². The van der Waals surface area contributed by atoms with Gasteiger partial charge in [0.1, 0.15) is 23.7 Å². The monoisotopic (exact) mass is 1050 g/mol. The fraction of sp³-hybridized carbons (Fsp3) is 0.522. The number of thiazole rings is 2. The Balaban J connectivity index is 0.000000157. The summed E-state index contributed by atoms with van der Waals surface area (Å²) >= 11 is 4.72. The number of rotatable bonds is 17. The number of halogens is 1. The molecule has 4 aromatic heterocycles. The van der Waals surface area contributed by atoms with Gasteiger partial charge in [-0.1, -0.05) is 15.9 Å². The zero-order chi connectivity index (χ0) is 44.2. The number of carbonyl (C=O) groups is 2. The number of hydrogen-bond donors (Lipinski definition) is 2. The van der Waals surface area contributed by atoms with Crippen molar-refractivity contribution in [1.29, 1.82) is 0 Å². The van der Waals surface area contributed by atoms with Crippen LogP contribution in [0.25, 0.3) is 33.1 Å². The van der Waals surface area contributed by atoms with E-state index in [4.69, 9.17) is 14.5 Å². The predicted octanol–water partition coefficient (Wildman–Crippen LogP) is 10.0. The summed E-state index contributed by atoms with van der Waals surface area (Å²) in [7, 11) is 3.79. The van der Waals surface area contributed by atoms with E-state index in [1.54, 1.807) is 24.4 Å². The topological polar surface area (TPSA) is 138 Å². The number of amides is 2. The van der Waals surface area contributed by atoms with E-state index in [1.165, 1.54) is 51.8 Å². The van der Waals surface area contributed by atoms with Crippen LogP contribution in [0.15, 0.2) is 62.9 Å². The van der Waals surface area contributed by atoms with Crippen molar-refractivity contribution in [2.75, 3.05) is 13.1 Å². The summed E-state index contributed by atoms with van der Waals surface area (Å²) in [5, 5.41) is 21.0. The minimum Gasteiger partial charge on any atom is -0.490 e. The first-order valence-electron chi connectivity index (χ1n) is 22.2. The first-order chi connectivity index (χ1) is 29.9. The molecule has 0 unspecified atom stereocenters. The maximum atomic E-state index is 11.4. The Morgan fingerprint density at radius 1 is 0.742 bits per heavy atom. The number of benzene rings is 2. The number of fused-ring (bicyclic) bond motifs is 2. The summed E-state index contributed by atoms with van der Waals surface area (Å²) in [4.78, 5) is 31.9. The summed E-state index contributed by atoms with van der Waals surface area (Å²) in [6.07, 6.45) is 13.2. The Labute approximate surface area is 387 Å². The normalized spacial score (nSPS) is 17.2. The third-order valence-corrected chi connectivity index (χ3v) is 29.4. The maximum absolute atomic E-state index is 11.4. The fourth-order valence-electron chi connectivity index (χ4n) is 8.38. The van der Waals surface area contributed by atoms with E-state index < -0.39 is 18.4 Å². The minimum absolute atomic E-state index is 0.0216. The summed E-state index contributed by atoms with van der Waals surface area (Å²) in [6.45, 7) is 12.4. The van der Waals surface area contributed by atoms with E-state index in [9.17, 15) is 9.59 Å². The van der Waals surface area contributed by atoms with Crippen molar-refractivity contribution in [1.82, 2.24) is 40.2 Å². The molecule has 0 bridgehead atoms. The van der Waals surface area contributed by atoms with Gasteiger partial charge in [-0.25, -0.2) is 4.98 Å². The molecule has 0 radical (unpaired) electrons. The van der Waals surface area contributed by atoms with Crippen LogP contribution in [-0.4, -0.2) is 85.0 Å². The first kappa shape index (κ1) is 47.9. The Kier molecular flexibility index (Phi) is 17.7. The van der Waals surface area contributed by atoms with Crippen molar-refractivity contribution in [3.8, 4) is 22.8 Å². The third kappa shape index (κ3) is 12.6. The number of unbranched alkanes of at least 4 members (excludes halogenated alkanes) is 3. The smallest absolute Gasteiger partial charge is 0.220 e. The van der Waals surface area contributed by atoms with Crippen molar-refractivity contribution in [3.63, 3.8) is 0 Å². The van der Waals surface area contributed by atoms with Gasteiger partial charge in [-0.3, -0.25) is 19.0 Å². The molecule has 0 spiro atoms. The van der Waals surface area contributed by atoms with Crippen LogP contribution >= 0.6 is 38.6 Å². The van der Waals surface area contributed by atoms with E-state index >= 15 is 0 Å². The molecule has 62 heavy (non-hydrogen) atoms. The van der Waals surface area contributed by atoms with E-state index in [-0.39, 0.29) is 35.9 Å². The maximum Gasteiger partial charge on any atom is 0.220 e. The van der Waals surface area contributed by atoms with E-state index in [1.807, 2.05) is 86.8 Å². The van der Waals surface area contributed by atoms with Crippen LogP contribution in [0.2, 0.25) is 13.3 Å². The van der Waals surface area contributed by atoms with Crippen LogP contribution < -0.4 is 23.8 Å². The van der Waals surface area contributed by atoms with E-state index in [0.29, 0.717) is 25.9 Å². The number of hydrogen-bond acceptors (Lipinski definition) is 10. The Morgan fingerprint density at radius 2 is 1.24 bits per heavy atom. The summed E-state index contributed by atoms with van der Waals surface area (Å²) in [5.74, 6) is 2.19. The Bertz CT molecular complexity index is 2330. The van der Waals surface area contributed by atoms with Crippen LogP contribution in [0.3, 0.4) is 0 Å². The predicted molar refractivity (Wildman–Crippen MR) is 259 cm³/mol. The number of nitrogens with zero attached hydrogens (tertiary/aromatic N) is 6. The van der Waals surface area contributed by atoms with Gasteiger partial charge >= 0.3 is 122 Å². The Morgan fingerprint density at radius 3 is 1.69 bits per heavy atom. The molecule has 16 heteroatoms.